The quantitative estimate of drug-likeness (QED) is 0.777. The van der Waals surface area contributed by atoms with Crippen molar-refractivity contribution in [2.75, 3.05) is 6.79 Å². The van der Waals surface area contributed by atoms with E-state index in [-0.39, 0.29) is 12.5 Å². The zero-order chi connectivity index (χ0) is 11.0. The second-order valence-electron chi connectivity index (χ2n) is 3.38. The van der Waals surface area contributed by atoms with Crippen molar-refractivity contribution in [1.29, 1.82) is 0 Å². The van der Waals surface area contributed by atoms with Crippen LogP contribution in [0.3, 0.4) is 0 Å². The first kappa shape index (κ1) is 8.96. The zero-order valence-corrected chi connectivity index (χ0v) is 8.27. The van der Waals surface area contributed by atoms with Gasteiger partial charge in [0, 0.05) is 18.0 Å². The number of nitrogens with zero attached hydrogens (tertiary/aromatic N) is 1. The summed E-state index contributed by atoms with van der Waals surface area (Å²) in [7, 11) is 0. The van der Waals surface area contributed by atoms with E-state index in [9.17, 15) is 4.79 Å². The Labute approximate surface area is 90.7 Å². The fourth-order valence-corrected chi connectivity index (χ4v) is 1.58. The summed E-state index contributed by atoms with van der Waals surface area (Å²) in [5.74, 6) is 1.45. The number of H-pyrrole nitrogens is 1. The van der Waals surface area contributed by atoms with Crippen molar-refractivity contribution in [1.82, 2.24) is 9.97 Å². The average Bonchev–Trinajstić information content (AvgIpc) is 2.77. The zero-order valence-electron chi connectivity index (χ0n) is 8.27. The molecule has 5 heteroatoms. The van der Waals surface area contributed by atoms with Gasteiger partial charge in [-0.1, -0.05) is 6.07 Å². The molecule has 1 aromatic heterocycles. The fourth-order valence-electron chi connectivity index (χ4n) is 1.58. The first-order chi connectivity index (χ1) is 7.83. The van der Waals surface area contributed by atoms with E-state index in [1.807, 2.05) is 18.2 Å². The van der Waals surface area contributed by atoms with Crippen LogP contribution < -0.4 is 15.2 Å². The molecule has 2 heterocycles. The Morgan fingerprint density at radius 2 is 2.06 bits per heavy atom. The molecular weight excluding hydrogens is 208 g/mol. The Morgan fingerprint density at radius 3 is 2.88 bits per heavy atom. The normalized spacial score (nSPS) is 12.8. The Kier molecular flexibility index (Phi) is 1.89. The summed E-state index contributed by atoms with van der Waals surface area (Å²) in [6.07, 6.45) is 3.14. The summed E-state index contributed by atoms with van der Waals surface area (Å²) in [5.41, 5.74) is 1.40. The highest BCUT2D eigenvalue weighted by Gasteiger charge is 2.13. The van der Waals surface area contributed by atoms with Gasteiger partial charge >= 0.3 is 5.69 Å². The molecule has 0 saturated heterocycles. The van der Waals surface area contributed by atoms with Gasteiger partial charge in [0.1, 0.15) is 0 Å². The highest BCUT2D eigenvalue weighted by Crippen LogP contribution is 2.35. The molecule has 1 aromatic carbocycles. The van der Waals surface area contributed by atoms with Gasteiger partial charge in [-0.25, -0.2) is 9.78 Å². The van der Waals surface area contributed by atoms with Gasteiger partial charge in [0.05, 0.1) is 0 Å². The van der Waals surface area contributed by atoms with Crippen LogP contribution >= 0.6 is 0 Å². The van der Waals surface area contributed by atoms with Crippen molar-refractivity contribution < 1.29 is 9.47 Å². The van der Waals surface area contributed by atoms with E-state index in [1.165, 1.54) is 6.20 Å². The minimum Gasteiger partial charge on any atom is -0.454 e. The molecular formula is C11H8N2O3. The number of nitrogens with one attached hydrogen (secondary N) is 1. The third-order valence-corrected chi connectivity index (χ3v) is 2.38. The molecule has 80 valence electrons. The molecule has 0 saturated carbocycles. The maximum atomic E-state index is 10.8. The number of fused-ring (bicyclic) bond motifs is 1. The summed E-state index contributed by atoms with van der Waals surface area (Å²) in [6, 6.07) is 5.59. The van der Waals surface area contributed by atoms with Gasteiger partial charge in [-0.15, -0.1) is 0 Å². The van der Waals surface area contributed by atoms with Crippen LogP contribution in [0.1, 0.15) is 0 Å². The third kappa shape index (κ3) is 1.42. The number of aromatic nitrogens is 2. The number of hydrogen-bond acceptors (Lipinski definition) is 4. The molecule has 0 spiro atoms. The SMILES string of the molecule is O=c1ncc(-c2ccc3c(c2)OCO3)c[nH]1. The summed E-state index contributed by atoms with van der Waals surface area (Å²) >= 11 is 0. The average molecular weight is 216 g/mol. The third-order valence-electron chi connectivity index (χ3n) is 2.38. The molecule has 2 aromatic rings. The van der Waals surface area contributed by atoms with Crippen LogP contribution in [0, 0.1) is 0 Å². The molecule has 1 N–H and O–H groups in total. The lowest BCUT2D eigenvalue weighted by Gasteiger charge is -2.01. The molecule has 1 aliphatic heterocycles. The van der Waals surface area contributed by atoms with Crippen molar-refractivity contribution in [3.05, 3.63) is 41.1 Å². The van der Waals surface area contributed by atoms with Gasteiger partial charge < -0.3 is 14.5 Å². The van der Waals surface area contributed by atoms with E-state index in [1.54, 1.807) is 6.20 Å². The van der Waals surface area contributed by atoms with Crippen molar-refractivity contribution in [2.45, 2.75) is 0 Å². The lowest BCUT2D eigenvalue weighted by atomic mass is 10.1. The molecule has 5 nitrogen and oxygen atoms in total. The predicted octanol–water partition coefficient (Wildman–Crippen LogP) is 1.17. The van der Waals surface area contributed by atoms with E-state index in [4.69, 9.17) is 9.47 Å². The first-order valence-electron chi connectivity index (χ1n) is 4.78. The second kappa shape index (κ2) is 3.37. The predicted molar refractivity (Wildman–Crippen MR) is 56.4 cm³/mol. The van der Waals surface area contributed by atoms with Crippen LogP contribution in [0.15, 0.2) is 35.4 Å². The Morgan fingerprint density at radius 1 is 1.19 bits per heavy atom. The maximum Gasteiger partial charge on any atom is 0.344 e. The van der Waals surface area contributed by atoms with Crippen molar-refractivity contribution in [3.63, 3.8) is 0 Å². The van der Waals surface area contributed by atoms with Gasteiger partial charge in [0.25, 0.3) is 0 Å². The number of rotatable bonds is 1. The molecule has 0 radical (unpaired) electrons. The van der Waals surface area contributed by atoms with Crippen molar-refractivity contribution in [3.8, 4) is 22.6 Å². The summed E-state index contributed by atoms with van der Waals surface area (Å²) in [4.78, 5) is 17.0. The Hall–Kier alpha value is -2.30. The Bertz CT molecular complexity index is 572. The first-order valence-corrected chi connectivity index (χ1v) is 4.78. The number of aromatic amines is 1. The van der Waals surface area contributed by atoms with Gasteiger partial charge in [-0.05, 0) is 17.7 Å². The number of ether oxygens (including phenoxy) is 2. The van der Waals surface area contributed by atoms with Crippen LogP contribution in [-0.2, 0) is 0 Å². The molecule has 0 aliphatic carbocycles. The molecule has 0 fully saturated rings. The highest BCUT2D eigenvalue weighted by molar-refractivity contribution is 5.65. The van der Waals surface area contributed by atoms with Crippen LogP contribution in [0.4, 0.5) is 0 Å². The largest absolute Gasteiger partial charge is 0.454 e. The standard InChI is InChI=1S/C11H8N2O3/c14-11-12-4-8(5-13-11)7-1-2-9-10(3-7)16-6-15-9/h1-5H,6H2,(H,12,13,14). The topological polar surface area (TPSA) is 64.2 Å². The van der Waals surface area contributed by atoms with Gasteiger partial charge in [0.15, 0.2) is 11.5 Å². The number of benzene rings is 1. The molecule has 0 atom stereocenters. The molecule has 0 bridgehead atoms. The van der Waals surface area contributed by atoms with Crippen molar-refractivity contribution >= 4 is 0 Å². The van der Waals surface area contributed by atoms with Gasteiger partial charge in [-0.3, -0.25) is 0 Å². The van der Waals surface area contributed by atoms with Gasteiger partial charge in [-0.2, -0.15) is 0 Å². The highest BCUT2D eigenvalue weighted by atomic mass is 16.7. The second-order valence-corrected chi connectivity index (χ2v) is 3.38. The lowest BCUT2D eigenvalue weighted by Crippen LogP contribution is -2.07. The fraction of sp³-hybridized carbons (Fsp3) is 0.0909. The van der Waals surface area contributed by atoms with E-state index in [2.05, 4.69) is 9.97 Å². The van der Waals surface area contributed by atoms with E-state index >= 15 is 0 Å². The van der Waals surface area contributed by atoms with Crippen molar-refractivity contribution in [2.24, 2.45) is 0 Å². The summed E-state index contributed by atoms with van der Waals surface area (Å²) in [5, 5.41) is 0. The minimum absolute atomic E-state index is 0.253. The van der Waals surface area contributed by atoms with E-state index < -0.39 is 0 Å². The molecule has 3 rings (SSSR count). The molecule has 0 unspecified atom stereocenters. The van der Waals surface area contributed by atoms with Gasteiger partial charge in [0.2, 0.25) is 6.79 Å². The molecule has 0 amide bonds. The number of hydrogen-bond donors (Lipinski definition) is 1. The van der Waals surface area contributed by atoms with Crippen LogP contribution in [0.25, 0.3) is 11.1 Å². The Balaban J connectivity index is 2.07. The summed E-state index contributed by atoms with van der Waals surface area (Å²) in [6.45, 7) is 0.253. The molecule has 1 aliphatic rings. The lowest BCUT2D eigenvalue weighted by molar-refractivity contribution is 0.174. The minimum atomic E-state index is -0.357. The van der Waals surface area contributed by atoms with Crippen LogP contribution in [0.2, 0.25) is 0 Å². The van der Waals surface area contributed by atoms with Crippen LogP contribution in [0.5, 0.6) is 11.5 Å². The van der Waals surface area contributed by atoms with Crippen LogP contribution in [-0.4, -0.2) is 16.8 Å². The maximum absolute atomic E-state index is 10.8. The monoisotopic (exact) mass is 216 g/mol. The summed E-state index contributed by atoms with van der Waals surface area (Å²) < 4.78 is 10.5. The van der Waals surface area contributed by atoms with E-state index in [0.29, 0.717) is 5.75 Å². The van der Waals surface area contributed by atoms with E-state index in [0.717, 1.165) is 16.9 Å². The molecule has 16 heavy (non-hydrogen) atoms. The smallest absolute Gasteiger partial charge is 0.344 e.